The van der Waals surface area contributed by atoms with Crippen LogP contribution in [0.25, 0.3) is 10.9 Å². The summed E-state index contributed by atoms with van der Waals surface area (Å²) < 4.78 is 24.2. The second kappa shape index (κ2) is 11.3. The smallest absolute Gasteiger partial charge is 0.271 e. The summed E-state index contributed by atoms with van der Waals surface area (Å²) in [7, 11) is 0. The van der Waals surface area contributed by atoms with Gasteiger partial charge in [-0.15, -0.1) is 11.3 Å². The zero-order chi connectivity index (χ0) is 26.6. The first-order valence-corrected chi connectivity index (χ1v) is 13.6. The fourth-order valence-electron chi connectivity index (χ4n) is 4.68. The number of benzene rings is 3. The van der Waals surface area contributed by atoms with Crippen LogP contribution in [0.15, 0.2) is 78.3 Å². The molecular weight excluding hydrogens is 515 g/mol. The number of carbonyl (C=O) groups is 1. The van der Waals surface area contributed by atoms with E-state index in [1.54, 1.807) is 5.38 Å². The van der Waals surface area contributed by atoms with E-state index in [1.165, 1.54) is 34.4 Å². The quantitative estimate of drug-likeness (QED) is 0.238. The van der Waals surface area contributed by atoms with Gasteiger partial charge in [-0.05, 0) is 53.4 Å². The van der Waals surface area contributed by atoms with E-state index in [0.717, 1.165) is 34.6 Å². The molecule has 0 atom stereocenters. The molecule has 0 radical (unpaired) electrons. The van der Waals surface area contributed by atoms with Crippen LogP contribution in [-0.2, 0) is 26.1 Å². The van der Waals surface area contributed by atoms with E-state index < -0.39 is 0 Å². The predicted octanol–water partition coefficient (Wildman–Crippen LogP) is 5.67. The molecule has 0 saturated carbocycles. The van der Waals surface area contributed by atoms with Crippen molar-refractivity contribution in [2.75, 3.05) is 13.3 Å². The van der Waals surface area contributed by atoms with Gasteiger partial charge >= 0.3 is 0 Å². The van der Waals surface area contributed by atoms with Crippen LogP contribution in [0.2, 0.25) is 0 Å². The van der Waals surface area contributed by atoms with E-state index in [-0.39, 0.29) is 18.5 Å². The maximum atomic E-state index is 13.5. The maximum absolute atomic E-state index is 13.5. The van der Waals surface area contributed by atoms with Crippen molar-refractivity contribution in [1.82, 2.24) is 20.2 Å². The van der Waals surface area contributed by atoms with E-state index in [2.05, 4.69) is 38.5 Å². The van der Waals surface area contributed by atoms with Crippen LogP contribution in [0, 0.1) is 5.82 Å². The van der Waals surface area contributed by atoms with Crippen LogP contribution in [0.1, 0.15) is 32.2 Å². The van der Waals surface area contributed by atoms with E-state index in [0.29, 0.717) is 36.8 Å². The summed E-state index contributed by atoms with van der Waals surface area (Å²) in [5.74, 6) is 0.926. The van der Waals surface area contributed by atoms with Crippen LogP contribution in [0.4, 0.5) is 4.39 Å². The average molecular weight is 543 g/mol. The number of amides is 1. The third kappa shape index (κ3) is 5.94. The number of fused-ring (bicyclic) bond motifs is 2. The van der Waals surface area contributed by atoms with Crippen molar-refractivity contribution in [1.29, 1.82) is 0 Å². The molecular formula is C30H27FN4O3S. The molecule has 0 spiro atoms. The van der Waals surface area contributed by atoms with Gasteiger partial charge in [0.2, 0.25) is 6.79 Å². The molecule has 9 heteroatoms. The Morgan fingerprint density at radius 3 is 2.74 bits per heavy atom. The molecule has 6 rings (SSSR count). The van der Waals surface area contributed by atoms with Gasteiger partial charge in [-0.25, -0.2) is 9.37 Å². The Hall–Kier alpha value is -4.21. The molecule has 2 aromatic heterocycles. The largest absolute Gasteiger partial charge is 0.454 e. The van der Waals surface area contributed by atoms with Crippen LogP contribution < -0.4 is 14.8 Å². The molecule has 0 bridgehead atoms. The predicted molar refractivity (Wildman–Crippen MR) is 148 cm³/mol. The van der Waals surface area contributed by atoms with Gasteiger partial charge in [-0.3, -0.25) is 9.69 Å². The second-order valence-corrected chi connectivity index (χ2v) is 10.4. The Kier molecular flexibility index (Phi) is 7.25. The van der Waals surface area contributed by atoms with Crippen molar-refractivity contribution < 1.29 is 18.7 Å². The van der Waals surface area contributed by atoms with Gasteiger partial charge in [0, 0.05) is 42.1 Å². The number of aromatic amines is 1. The molecule has 0 unspecified atom stereocenters. The number of hydrogen-bond acceptors (Lipinski definition) is 6. The fourth-order valence-corrected chi connectivity index (χ4v) is 5.50. The summed E-state index contributed by atoms with van der Waals surface area (Å²) >= 11 is 1.47. The lowest BCUT2D eigenvalue weighted by Gasteiger charge is -2.21. The number of nitrogens with zero attached hydrogens (tertiary/aromatic N) is 2. The van der Waals surface area contributed by atoms with Gasteiger partial charge < -0.3 is 19.8 Å². The SMILES string of the molecule is O=C(NCc1ccc2c(c1)OCO2)c1csc(CN(CCc2c[nH]c3ccccc23)Cc2ccc(F)cc2)n1. The standard InChI is InChI=1S/C30H27FN4O3S/c31-23-8-5-20(6-9-23)16-35(12-11-22-15-32-25-4-2-1-3-24(22)25)17-29-34-26(18-39-29)30(36)33-14-21-7-10-27-28(13-21)38-19-37-27/h1-10,13,15,18,32H,11-12,14,16-17,19H2,(H,33,36). The summed E-state index contributed by atoms with van der Waals surface area (Å²) in [6.07, 6.45) is 2.91. The molecule has 1 aliphatic heterocycles. The molecule has 198 valence electrons. The Morgan fingerprint density at radius 2 is 1.85 bits per heavy atom. The van der Waals surface area contributed by atoms with Crippen molar-refractivity contribution in [3.8, 4) is 11.5 Å². The van der Waals surface area contributed by atoms with Crippen molar-refractivity contribution in [2.24, 2.45) is 0 Å². The van der Waals surface area contributed by atoms with Crippen molar-refractivity contribution in [3.63, 3.8) is 0 Å². The highest BCUT2D eigenvalue weighted by molar-refractivity contribution is 7.09. The highest BCUT2D eigenvalue weighted by Gasteiger charge is 2.17. The second-order valence-electron chi connectivity index (χ2n) is 9.44. The average Bonchev–Trinajstić information content (AvgIpc) is 3.71. The zero-order valence-corrected chi connectivity index (χ0v) is 22.0. The highest BCUT2D eigenvalue weighted by atomic mass is 32.1. The Morgan fingerprint density at radius 1 is 1.03 bits per heavy atom. The number of H-pyrrole nitrogens is 1. The monoisotopic (exact) mass is 542 g/mol. The van der Waals surface area contributed by atoms with Gasteiger partial charge in [-0.2, -0.15) is 0 Å². The number of carbonyl (C=O) groups excluding carboxylic acids is 1. The third-order valence-corrected chi connectivity index (χ3v) is 7.56. The molecule has 3 aromatic carbocycles. The molecule has 5 aromatic rings. The van der Waals surface area contributed by atoms with Crippen LogP contribution in [0.5, 0.6) is 11.5 Å². The Balaban J connectivity index is 1.11. The van der Waals surface area contributed by atoms with Gasteiger partial charge in [0.05, 0.1) is 6.54 Å². The molecule has 0 aliphatic carbocycles. The Labute approximate surface area is 229 Å². The van der Waals surface area contributed by atoms with Crippen molar-refractivity contribution >= 4 is 28.1 Å². The summed E-state index contributed by atoms with van der Waals surface area (Å²) in [4.78, 5) is 23.0. The van der Waals surface area contributed by atoms with E-state index >= 15 is 0 Å². The number of ether oxygens (including phenoxy) is 2. The molecule has 0 fully saturated rings. The number of para-hydroxylation sites is 1. The minimum absolute atomic E-state index is 0.215. The number of halogens is 1. The van der Waals surface area contributed by atoms with E-state index in [9.17, 15) is 9.18 Å². The van der Waals surface area contributed by atoms with E-state index in [1.807, 2.05) is 42.5 Å². The topological polar surface area (TPSA) is 79.5 Å². The molecule has 3 heterocycles. The normalized spacial score (nSPS) is 12.4. The zero-order valence-electron chi connectivity index (χ0n) is 21.2. The maximum Gasteiger partial charge on any atom is 0.271 e. The summed E-state index contributed by atoms with van der Waals surface area (Å²) in [5, 5.41) is 6.80. The van der Waals surface area contributed by atoms with Crippen LogP contribution >= 0.6 is 11.3 Å². The lowest BCUT2D eigenvalue weighted by atomic mass is 10.1. The number of hydrogen-bond donors (Lipinski definition) is 2. The number of aromatic nitrogens is 2. The van der Waals surface area contributed by atoms with Gasteiger partial charge in [-0.1, -0.05) is 36.4 Å². The first kappa shape index (κ1) is 25.1. The summed E-state index contributed by atoms with van der Waals surface area (Å²) in [6, 6.07) is 20.5. The van der Waals surface area contributed by atoms with Crippen molar-refractivity contribution in [3.05, 3.63) is 112 Å². The number of thiazole rings is 1. The Bertz CT molecular complexity index is 1600. The van der Waals surface area contributed by atoms with Gasteiger partial charge in [0.15, 0.2) is 11.5 Å². The fraction of sp³-hybridized carbons (Fsp3) is 0.200. The minimum atomic E-state index is -0.250. The molecule has 7 nitrogen and oxygen atoms in total. The first-order valence-electron chi connectivity index (χ1n) is 12.7. The van der Waals surface area contributed by atoms with Crippen molar-refractivity contribution in [2.45, 2.75) is 26.1 Å². The lowest BCUT2D eigenvalue weighted by Crippen LogP contribution is -2.26. The highest BCUT2D eigenvalue weighted by Crippen LogP contribution is 2.32. The van der Waals surface area contributed by atoms with Gasteiger partial charge in [0.25, 0.3) is 5.91 Å². The lowest BCUT2D eigenvalue weighted by molar-refractivity contribution is 0.0946. The molecule has 1 aliphatic rings. The minimum Gasteiger partial charge on any atom is -0.454 e. The van der Waals surface area contributed by atoms with E-state index in [4.69, 9.17) is 9.47 Å². The number of rotatable bonds is 10. The van der Waals surface area contributed by atoms with Gasteiger partial charge in [0.1, 0.15) is 16.5 Å². The summed E-state index contributed by atoms with van der Waals surface area (Å²) in [6.45, 7) is 2.59. The first-order chi connectivity index (χ1) is 19.1. The third-order valence-electron chi connectivity index (χ3n) is 6.73. The molecule has 39 heavy (non-hydrogen) atoms. The molecule has 1 amide bonds. The number of nitrogens with one attached hydrogen (secondary N) is 2. The molecule has 0 saturated heterocycles. The summed E-state index contributed by atoms with van der Waals surface area (Å²) in [5.41, 5.74) is 4.71. The van der Waals surface area contributed by atoms with Crippen LogP contribution in [0.3, 0.4) is 0 Å². The van der Waals surface area contributed by atoms with Crippen LogP contribution in [-0.4, -0.2) is 34.1 Å². The molecule has 2 N–H and O–H groups in total.